The Balaban J connectivity index is 1.69. The molecule has 1 unspecified atom stereocenters. The van der Waals surface area contributed by atoms with Gasteiger partial charge in [-0.25, -0.2) is 0 Å². The molecule has 3 fully saturated rings. The van der Waals surface area contributed by atoms with Gasteiger partial charge in [0.2, 0.25) is 17.7 Å². The van der Waals surface area contributed by atoms with Gasteiger partial charge in [0.05, 0.1) is 24.0 Å². The number of amides is 3. The van der Waals surface area contributed by atoms with Gasteiger partial charge in [-0.3, -0.25) is 19.2 Å². The Morgan fingerprint density at radius 2 is 1.93 bits per heavy atom. The van der Waals surface area contributed by atoms with E-state index in [9.17, 15) is 24.3 Å². The molecule has 46 heavy (non-hydrogen) atoms. The number of carbonyl (C=O) groups excluding carboxylic acids is 4. The Labute approximate surface area is 280 Å². The van der Waals surface area contributed by atoms with Gasteiger partial charge in [-0.2, -0.15) is 0 Å². The number of aliphatic hydroxyl groups excluding tert-OH is 1. The minimum Gasteiger partial charge on any atom is -0.455 e. The number of benzene rings is 1. The summed E-state index contributed by atoms with van der Waals surface area (Å²) < 4.78 is 12.9. The molecule has 1 aromatic carbocycles. The standard InChI is InChI=1S/C35H48BrN3O7/c1-6-9-17-26(41)37(5)23(4)29(24-15-12-11-13-16-24)45-34(44)27-28-32(42)39(20-14-21-40)31(35(28)22-25(36)30(27)46-35)33(43)38(18-8-3)19-10-7-2/h6,8,11-13,15-16,23,25,27-31,40H,1,3,7,9-10,14,17-22H2,2,4-5H3/t23-,25?,27+,28-,29+,30+,31+,35-/m1/s1. The SMILES string of the molecule is C=CCCC(=O)N(C)[C@H](C)[C@H](OC(=O)[C@@H]1[C@H]2O[C@@]3(CC2Br)[C@H](C(=O)N(CC=C)CCCC)N(CCCO)C(=O)[C@@H]13)c1ccccc1. The van der Waals surface area contributed by atoms with Crippen molar-refractivity contribution in [3.63, 3.8) is 0 Å². The van der Waals surface area contributed by atoms with E-state index in [1.54, 1.807) is 29.0 Å². The molecule has 2 bridgehead atoms. The number of alkyl halides is 1. The molecular formula is C35H48BrN3O7. The highest BCUT2D eigenvalue weighted by Crippen LogP contribution is 2.60. The zero-order valence-electron chi connectivity index (χ0n) is 27.2. The van der Waals surface area contributed by atoms with Crippen molar-refractivity contribution < 1.29 is 33.8 Å². The number of ether oxygens (including phenoxy) is 2. The molecule has 3 aliphatic heterocycles. The fraction of sp³-hybridized carbons (Fsp3) is 0.600. The summed E-state index contributed by atoms with van der Waals surface area (Å²) in [7, 11) is 1.69. The maximum Gasteiger partial charge on any atom is 0.313 e. The first-order valence-corrected chi connectivity index (χ1v) is 17.2. The van der Waals surface area contributed by atoms with E-state index in [0.717, 1.165) is 12.8 Å². The van der Waals surface area contributed by atoms with Crippen LogP contribution in [0.25, 0.3) is 0 Å². The zero-order valence-corrected chi connectivity index (χ0v) is 28.8. The molecule has 252 valence electrons. The van der Waals surface area contributed by atoms with Crippen molar-refractivity contribution in [2.24, 2.45) is 11.8 Å². The largest absolute Gasteiger partial charge is 0.455 e. The Hall–Kier alpha value is -3.02. The van der Waals surface area contributed by atoms with Crippen LogP contribution < -0.4 is 0 Å². The van der Waals surface area contributed by atoms with Crippen molar-refractivity contribution >= 4 is 39.6 Å². The maximum absolute atomic E-state index is 14.3. The van der Waals surface area contributed by atoms with Gasteiger partial charge in [-0.1, -0.05) is 71.8 Å². The molecule has 3 amide bonds. The molecule has 3 saturated heterocycles. The van der Waals surface area contributed by atoms with Gasteiger partial charge < -0.3 is 29.3 Å². The lowest BCUT2D eigenvalue weighted by atomic mass is 9.70. The minimum atomic E-state index is -1.23. The molecule has 1 aromatic rings. The van der Waals surface area contributed by atoms with Gasteiger partial charge in [-0.15, -0.1) is 13.2 Å². The maximum atomic E-state index is 14.3. The van der Waals surface area contributed by atoms with Crippen LogP contribution in [0, 0.1) is 11.8 Å². The predicted molar refractivity (Wildman–Crippen MR) is 178 cm³/mol. The quantitative estimate of drug-likeness (QED) is 0.148. The number of carbonyl (C=O) groups is 4. The van der Waals surface area contributed by atoms with Gasteiger partial charge in [0.1, 0.15) is 17.7 Å². The fourth-order valence-electron chi connectivity index (χ4n) is 7.25. The molecule has 3 heterocycles. The predicted octanol–water partition coefficient (Wildman–Crippen LogP) is 4.03. The Morgan fingerprint density at radius 1 is 1.22 bits per heavy atom. The van der Waals surface area contributed by atoms with E-state index in [-0.39, 0.29) is 48.5 Å². The van der Waals surface area contributed by atoms with Gasteiger partial charge >= 0.3 is 5.97 Å². The average molecular weight is 703 g/mol. The number of hydrogen-bond donors (Lipinski definition) is 1. The lowest BCUT2D eigenvalue weighted by molar-refractivity contribution is -0.164. The third-order valence-corrected chi connectivity index (χ3v) is 10.5. The molecule has 10 nitrogen and oxygen atoms in total. The summed E-state index contributed by atoms with van der Waals surface area (Å²) in [5, 5.41) is 9.66. The summed E-state index contributed by atoms with van der Waals surface area (Å²) in [6.45, 7) is 12.2. The van der Waals surface area contributed by atoms with Crippen LogP contribution in [0.2, 0.25) is 0 Å². The number of esters is 1. The number of fused-ring (bicyclic) bond motifs is 1. The fourth-order valence-corrected chi connectivity index (χ4v) is 8.20. The number of halogens is 1. The molecule has 3 aliphatic rings. The van der Waals surface area contributed by atoms with Crippen molar-refractivity contribution in [2.75, 3.05) is 33.3 Å². The lowest BCUT2D eigenvalue weighted by Gasteiger charge is -2.37. The third kappa shape index (κ3) is 6.82. The van der Waals surface area contributed by atoms with Crippen molar-refractivity contribution in [3.8, 4) is 0 Å². The summed E-state index contributed by atoms with van der Waals surface area (Å²) >= 11 is 3.72. The number of hydrogen-bond acceptors (Lipinski definition) is 7. The Bertz CT molecular complexity index is 1280. The molecule has 11 heteroatoms. The highest BCUT2D eigenvalue weighted by atomic mass is 79.9. The number of rotatable bonds is 17. The number of likely N-dealkylation sites (tertiary alicyclic amines) is 1. The van der Waals surface area contributed by atoms with E-state index in [2.05, 4.69) is 29.1 Å². The molecular weight excluding hydrogens is 654 g/mol. The van der Waals surface area contributed by atoms with Gasteiger partial charge in [-0.05, 0) is 38.2 Å². The number of unbranched alkanes of at least 4 members (excludes halogenated alkanes) is 1. The average Bonchev–Trinajstić information content (AvgIpc) is 3.65. The molecule has 4 rings (SSSR count). The first-order valence-electron chi connectivity index (χ1n) is 16.3. The molecule has 0 radical (unpaired) electrons. The zero-order chi connectivity index (χ0) is 33.6. The van der Waals surface area contributed by atoms with E-state index in [4.69, 9.17) is 9.47 Å². The highest BCUT2D eigenvalue weighted by Gasteiger charge is 2.77. The first-order chi connectivity index (χ1) is 22.1. The first kappa shape index (κ1) is 35.8. The lowest BCUT2D eigenvalue weighted by Crippen LogP contribution is -2.57. The van der Waals surface area contributed by atoms with Crippen LogP contribution in [0.5, 0.6) is 0 Å². The third-order valence-electron chi connectivity index (χ3n) is 9.67. The number of nitrogens with zero attached hydrogens (tertiary/aromatic N) is 3. The van der Waals surface area contributed by atoms with Crippen LogP contribution in [-0.4, -0.2) is 105 Å². The topological polar surface area (TPSA) is 117 Å². The van der Waals surface area contributed by atoms with E-state index in [1.165, 1.54) is 4.90 Å². The monoisotopic (exact) mass is 701 g/mol. The van der Waals surface area contributed by atoms with Crippen LogP contribution in [0.3, 0.4) is 0 Å². The van der Waals surface area contributed by atoms with Crippen molar-refractivity contribution in [3.05, 3.63) is 61.2 Å². The molecule has 1 N–H and O–H groups in total. The number of aliphatic hydroxyl groups is 1. The van der Waals surface area contributed by atoms with Crippen molar-refractivity contribution in [1.82, 2.24) is 14.7 Å². The van der Waals surface area contributed by atoms with E-state index < -0.39 is 47.7 Å². The van der Waals surface area contributed by atoms with Crippen molar-refractivity contribution in [1.29, 1.82) is 0 Å². The summed E-state index contributed by atoms with van der Waals surface area (Å²) in [4.78, 5) is 60.4. The van der Waals surface area contributed by atoms with E-state index in [1.807, 2.05) is 44.2 Å². The summed E-state index contributed by atoms with van der Waals surface area (Å²) in [5.41, 5.74) is -0.518. The second kappa shape index (κ2) is 15.7. The van der Waals surface area contributed by atoms with E-state index in [0.29, 0.717) is 31.5 Å². The van der Waals surface area contributed by atoms with Gasteiger partial charge in [0, 0.05) is 44.5 Å². The van der Waals surface area contributed by atoms with Crippen LogP contribution in [0.15, 0.2) is 55.6 Å². The van der Waals surface area contributed by atoms with Gasteiger partial charge in [0.15, 0.2) is 0 Å². The summed E-state index contributed by atoms with van der Waals surface area (Å²) in [5.74, 6) is -3.19. The van der Waals surface area contributed by atoms with Crippen LogP contribution in [0.4, 0.5) is 0 Å². The molecule has 0 saturated carbocycles. The van der Waals surface area contributed by atoms with Gasteiger partial charge in [0.25, 0.3) is 0 Å². The highest BCUT2D eigenvalue weighted by molar-refractivity contribution is 9.09. The smallest absolute Gasteiger partial charge is 0.313 e. The molecule has 0 aromatic heterocycles. The summed E-state index contributed by atoms with van der Waals surface area (Å²) in [6.07, 6.45) is 5.00. The van der Waals surface area contributed by atoms with Crippen LogP contribution in [0.1, 0.15) is 64.0 Å². The summed E-state index contributed by atoms with van der Waals surface area (Å²) in [6, 6.07) is 7.77. The molecule has 1 spiro atoms. The van der Waals surface area contributed by atoms with Crippen LogP contribution >= 0.6 is 15.9 Å². The molecule has 0 aliphatic carbocycles. The number of likely N-dealkylation sites (N-methyl/N-ethyl adjacent to an activating group) is 1. The Morgan fingerprint density at radius 3 is 2.57 bits per heavy atom. The second-order valence-corrected chi connectivity index (χ2v) is 13.7. The van der Waals surface area contributed by atoms with Crippen molar-refractivity contribution in [2.45, 2.75) is 87.1 Å². The number of allylic oxidation sites excluding steroid dienone is 1. The minimum absolute atomic E-state index is 0.105. The van der Waals surface area contributed by atoms with E-state index >= 15 is 0 Å². The second-order valence-electron chi connectivity index (χ2n) is 12.5. The molecule has 8 atom stereocenters. The van der Waals surface area contributed by atoms with Crippen LogP contribution in [-0.2, 0) is 28.7 Å². The Kier molecular flexibility index (Phi) is 12.2. The normalized spacial score (nSPS) is 27.5.